The first-order valence-corrected chi connectivity index (χ1v) is 7.67. The molecule has 1 fully saturated rings. The molecule has 1 saturated carbocycles. The molecule has 0 atom stereocenters. The summed E-state index contributed by atoms with van der Waals surface area (Å²) >= 11 is 0. The first-order valence-electron chi connectivity index (χ1n) is 7.67. The van der Waals surface area contributed by atoms with Gasteiger partial charge in [-0.2, -0.15) is 0 Å². The van der Waals surface area contributed by atoms with E-state index < -0.39 is 0 Å². The maximum atomic E-state index is 12.5. The third-order valence-electron chi connectivity index (χ3n) is 4.43. The van der Waals surface area contributed by atoms with Crippen LogP contribution in [-0.4, -0.2) is 27.3 Å². The van der Waals surface area contributed by atoms with Gasteiger partial charge in [0.25, 0.3) is 5.91 Å². The summed E-state index contributed by atoms with van der Waals surface area (Å²) < 4.78 is 11.0. The summed E-state index contributed by atoms with van der Waals surface area (Å²) in [6.45, 7) is 1.26. The van der Waals surface area contributed by atoms with E-state index in [9.17, 15) is 4.79 Å². The van der Waals surface area contributed by atoms with Crippen LogP contribution >= 0.6 is 12.4 Å². The van der Waals surface area contributed by atoms with Gasteiger partial charge in [0.1, 0.15) is 17.7 Å². The van der Waals surface area contributed by atoms with Crippen LogP contribution in [0.4, 0.5) is 0 Å². The lowest BCUT2D eigenvalue weighted by molar-refractivity contribution is 0.0721. The van der Waals surface area contributed by atoms with E-state index in [0.717, 1.165) is 30.2 Å². The third-order valence-corrected chi connectivity index (χ3v) is 4.43. The molecule has 3 heterocycles. The van der Waals surface area contributed by atoms with Gasteiger partial charge in [-0.25, -0.2) is 9.97 Å². The Morgan fingerprint density at radius 2 is 2.22 bits per heavy atom. The van der Waals surface area contributed by atoms with Gasteiger partial charge in [0.15, 0.2) is 11.6 Å². The summed E-state index contributed by atoms with van der Waals surface area (Å²) in [4.78, 5) is 22.9. The standard InChI is InChI=1S/C15H18N4O3.ClH/c16-6-13-17-11(8-21-13)15(20)19-5-4-12-10(7-19)18-14(22-12)9-2-1-3-9;/h8-9H,1-7,16H2;1H. The Morgan fingerprint density at radius 3 is 2.87 bits per heavy atom. The van der Waals surface area contributed by atoms with E-state index in [1.54, 1.807) is 4.90 Å². The zero-order valence-corrected chi connectivity index (χ0v) is 13.5. The zero-order chi connectivity index (χ0) is 15.1. The van der Waals surface area contributed by atoms with Gasteiger partial charge >= 0.3 is 0 Å². The molecule has 0 saturated heterocycles. The molecule has 0 spiro atoms. The summed E-state index contributed by atoms with van der Waals surface area (Å²) in [7, 11) is 0. The molecule has 4 rings (SSSR count). The van der Waals surface area contributed by atoms with Gasteiger partial charge in [0.2, 0.25) is 5.89 Å². The fraction of sp³-hybridized carbons (Fsp3) is 0.533. The van der Waals surface area contributed by atoms with Crippen molar-refractivity contribution in [3.63, 3.8) is 0 Å². The normalized spacial score (nSPS) is 17.3. The molecular formula is C15H19ClN4O3. The molecular weight excluding hydrogens is 320 g/mol. The molecule has 0 radical (unpaired) electrons. The highest BCUT2D eigenvalue weighted by Crippen LogP contribution is 2.37. The first-order chi connectivity index (χ1) is 10.7. The molecule has 8 heteroatoms. The van der Waals surface area contributed by atoms with E-state index in [2.05, 4.69) is 9.97 Å². The van der Waals surface area contributed by atoms with Crippen molar-refractivity contribution in [3.05, 3.63) is 35.2 Å². The number of amides is 1. The summed E-state index contributed by atoms with van der Waals surface area (Å²) in [5.41, 5.74) is 6.63. The van der Waals surface area contributed by atoms with Crippen LogP contribution in [0, 0.1) is 0 Å². The Hall–Kier alpha value is -1.86. The molecule has 2 N–H and O–H groups in total. The van der Waals surface area contributed by atoms with Crippen LogP contribution in [-0.2, 0) is 19.5 Å². The highest BCUT2D eigenvalue weighted by Gasteiger charge is 2.31. The Bertz CT molecular complexity index is 707. The molecule has 0 bridgehead atoms. The van der Waals surface area contributed by atoms with E-state index >= 15 is 0 Å². The smallest absolute Gasteiger partial charge is 0.276 e. The molecule has 124 valence electrons. The molecule has 1 amide bonds. The largest absolute Gasteiger partial charge is 0.447 e. The van der Waals surface area contributed by atoms with Crippen LogP contribution in [0.25, 0.3) is 0 Å². The van der Waals surface area contributed by atoms with Crippen LogP contribution in [0.5, 0.6) is 0 Å². The molecule has 0 aromatic carbocycles. The van der Waals surface area contributed by atoms with Crippen molar-refractivity contribution in [1.82, 2.24) is 14.9 Å². The van der Waals surface area contributed by atoms with Gasteiger partial charge in [-0.1, -0.05) is 6.42 Å². The van der Waals surface area contributed by atoms with Gasteiger partial charge < -0.3 is 19.5 Å². The monoisotopic (exact) mass is 338 g/mol. The number of nitrogens with zero attached hydrogens (tertiary/aromatic N) is 3. The molecule has 7 nitrogen and oxygen atoms in total. The van der Waals surface area contributed by atoms with Crippen molar-refractivity contribution in [1.29, 1.82) is 0 Å². The van der Waals surface area contributed by atoms with Gasteiger partial charge in [0, 0.05) is 18.9 Å². The van der Waals surface area contributed by atoms with Crippen LogP contribution in [0.3, 0.4) is 0 Å². The summed E-state index contributed by atoms with van der Waals surface area (Å²) in [6.07, 6.45) is 5.62. The lowest BCUT2D eigenvalue weighted by atomic mass is 9.85. The minimum Gasteiger partial charge on any atom is -0.447 e. The highest BCUT2D eigenvalue weighted by molar-refractivity contribution is 5.92. The second-order valence-electron chi connectivity index (χ2n) is 5.86. The van der Waals surface area contributed by atoms with Crippen molar-refractivity contribution in [2.75, 3.05) is 6.54 Å². The minimum atomic E-state index is -0.151. The van der Waals surface area contributed by atoms with E-state index in [1.807, 2.05) is 0 Å². The van der Waals surface area contributed by atoms with Gasteiger partial charge in [-0.15, -0.1) is 12.4 Å². The van der Waals surface area contributed by atoms with E-state index in [0.29, 0.717) is 37.0 Å². The Kier molecular flexibility index (Phi) is 4.41. The van der Waals surface area contributed by atoms with Crippen molar-refractivity contribution in [2.24, 2.45) is 5.73 Å². The number of oxazole rings is 2. The van der Waals surface area contributed by atoms with Crippen molar-refractivity contribution < 1.29 is 13.6 Å². The highest BCUT2D eigenvalue weighted by atomic mass is 35.5. The SMILES string of the molecule is Cl.NCc1nc(C(=O)N2CCc3oc(C4CCC4)nc3C2)co1. The van der Waals surface area contributed by atoms with Crippen LogP contribution in [0.2, 0.25) is 0 Å². The van der Waals surface area contributed by atoms with E-state index in [4.69, 9.17) is 14.6 Å². The number of hydrogen-bond acceptors (Lipinski definition) is 6. The summed E-state index contributed by atoms with van der Waals surface area (Å²) in [5.74, 6) is 2.46. The number of hydrogen-bond donors (Lipinski definition) is 1. The Labute approximate surface area is 139 Å². The van der Waals surface area contributed by atoms with Gasteiger partial charge in [0.05, 0.1) is 13.1 Å². The van der Waals surface area contributed by atoms with Crippen molar-refractivity contribution >= 4 is 18.3 Å². The van der Waals surface area contributed by atoms with Crippen LogP contribution in [0.1, 0.15) is 58.9 Å². The van der Waals surface area contributed by atoms with Crippen molar-refractivity contribution in [3.8, 4) is 0 Å². The fourth-order valence-electron chi connectivity index (χ4n) is 2.89. The molecule has 2 aliphatic rings. The number of fused-ring (bicyclic) bond motifs is 1. The summed E-state index contributed by atoms with van der Waals surface area (Å²) in [5, 5.41) is 0. The Morgan fingerprint density at radius 1 is 1.39 bits per heavy atom. The number of carbonyl (C=O) groups excluding carboxylic acids is 1. The van der Waals surface area contributed by atoms with Gasteiger partial charge in [-0.3, -0.25) is 4.79 Å². The van der Waals surface area contributed by atoms with Gasteiger partial charge in [-0.05, 0) is 12.8 Å². The quantitative estimate of drug-likeness (QED) is 0.919. The first kappa shape index (κ1) is 16.0. The van der Waals surface area contributed by atoms with Crippen LogP contribution < -0.4 is 5.73 Å². The number of rotatable bonds is 3. The predicted octanol–water partition coefficient (Wildman–Crippen LogP) is 2.01. The number of nitrogens with two attached hydrogens (primary N) is 1. The Balaban J connectivity index is 0.00000156. The maximum absolute atomic E-state index is 12.5. The lowest BCUT2D eigenvalue weighted by Gasteiger charge is -2.24. The lowest BCUT2D eigenvalue weighted by Crippen LogP contribution is -2.36. The minimum absolute atomic E-state index is 0. The molecule has 1 aliphatic carbocycles. The number of halogens is 1. The molecule has 2 aromatic rings. The molecule has 2 aromatic heterocycles. The molecule has 0 unspecified atom stereocenters. The average molecular weight is 339 g/mol. The summed E-state index contributed by atoms with van der Waals surface area (Å²) in [6, 6.07) is 0. The molecule has 1 aliphatic heterocycles. The second-order valence-corrected chi connectivity index (χ2v) is 5.86. The molecule has 23 heavy (non-hydrogen) atoms. The topological polar surface area (TPSA) is 98.4 Å². The average Bonchev–Trinajstić information content (AvgIpc) is 3.10. The maximum Gasteiger partial charge on any atom is 0.276 e. The number of carbonyl (C=O) groups is 1. The zero-order valence-electron chi connectivity index (χ0n) is 12.7. The van der Waals surface area contributed by atoms with Crippen LogP contribution in [0.15, 0.2) is 15.1 Å². The fourth-order valence-corrected chi connectivity index (χ4v) is 2.89. The van der Waals surface area contributed by atoms with E-state index in [1.165, 1.54) is 12.7 Å². The van der Waals surface area contributed by atoms with Crippen molar-refractivity contribution in [2.45, 2.75) is 44.7 Å². The number of aromatic nitrogens is 2. The van der Waals surface area contributed by atoms with E-state index in [-0.39, 0.29) is 24.9 Å². The second kappa shape index (κ2) is 6.33. The predicted molar refractivity (Wildman–Crippen MR) is 83.2 cm³/mol. The third kappa shape index (κ3) is 2.86.